The molecule has 0 aliphatic rings. The Labute approximate surface area is 165 Å². The van der Waals surface area contributed by atoms with Crippen LogP contribution in [0.5, 0.6) is 0 Å². The van der Waals surface area contributed by atoms with E-state index in [1.54, 1.807) is 18.7 Å². The Kier molecular flexibility index (Phi) is 7.89. The van der Waals surface area contributed by atoms with Crippen molar-refractivity contribution >= 4 is 56.5 Å². The van der Waals surface area contributed by atoms with E-state index in [1.165, 1.54) is 47.4 Å². The highest BCUT2D eigenvalue weighted by atomic mass is 32.2. The van der Waals surface area contributed by atoms with Crippen LogP contribution in [0.15, 0.2) is 37.8 Å². The molecule has 3 N–H and O–H groups in total. The Morgan fingerprint density at radius 3 is 2.54 bits per heavy atom. The third kappa shape index (κ3) is 6.54. The van der Waals surface area contributed by atoms with E-state index in [9.17, 15) is 13.2 Å². The van der Waals surface area contributed by atoms with E-state index in [-0.39, 0.29) is 16.1 Å². The summed E-state index contributed by atoms with van der Waals surface area (Å²) >= 11 is 4.50. The minimum Gasteiger partial charge on any atom is -0.325 e. The number of amides is 1. The largest absolute Gasteiger partial charge is 0.325 e. The van der Waals surface area contributed by atoms with Crippen molar-refractivity contribution in [3.63, 3.8) is 0 Å². The predicted octanol–water partition coefficient (Wildman–Crippen LogP) is 3.20. The molecular weight excluding hydrogens is 412 g/mol. The molecule has 11 heteroatoms. The van der Waals surface area contributed by atoms with Gasteiger partial charge in [-0.2, -0.15) is 0 Å². The van der Waals surface area contributed by atoms with E-state index in [4.69, 9.17) is 5.14 Å². The number of carbonyl (C=O) groups excluding carboxylic acids is 1. The minimum atomic E-state index is -3.74. The van der Waals surface area contributed by atoms with Crippen LogP contribution in [0, 0.1) is 0 Å². The average Bonchev–Trinajstić information content (AvgIpc) is 3.02. The molecule has 0 aliphatic carbocycles. The summed E-state index contributed by atoms with van der Waals surface area (Å²) in [6.45, 7) is 3.93. The van der Waals surface area contributed by atoms with Crippen LogP contribution in [-0.2, 0) is 14.8 Å². The molecule has 0 unspecified atom stereocenters. The zero-order valence-electron chi connectivity index (χ0n) is 14.3. The number of thioether (sulfide) groups is 2. The molecule has 1 atom stereocenters. The lowest BCUT2D eigenvalue weighted by molar-refractivity contribution is -0.115. The fourth-order valence-corrected chi connectivity index (χ4v) is 5.62. The molecule has 2 rings (SSSR count). The normalized spacial score (nSPS) is 12.7. The van der Waals surface area contributed by atoms with Crippen LogP contribution in [0.1, 0.15) is 26.7 Å². The molecule has 1 heterocycles. The monoisotopic (exact) mass is 432 g/mol. The molecule has 0 radical (unpaired) electrons. The highest BCUT2D eigenvalue weighted by molar-refractivity contribution is 8.03. The number of benzene rings is 1. The van der Waals surface area contributed by atoms with Gasteiger partial charge in [0.25, 0.3) is 0 Å². The summed E-state index contributed by atoms with van der Waals surface area (Å²) in [6, 6.07) is 5.71. The number of carbonyl (C=O) groups is 1. The first-order valence-corrected chi connectivity index (χ1v) is 12.1. The second kappa shape index (κ2) is 9.70. The Hall–Kier alpha value is -1.14. The molecule has 142 valence electrons. The lowest BCUT2D eigenvalue weighted by Crippen LogP contribution is -2.22. The molecule has 26 heavy (non-hydrogen) atoms. The lowest BCUT2D eigenvalue weighted by Gasteiger charge is -2.10. The number of aromatic nitrogens is 2. The molecule has 1 amide bonds. The Balaban J connectivity index is 1.89. The van der Waals surface area contributed by atoms with Gasteiger partial charge in [-0.25, -0.2) is 13.6 Å². The standard InChI is InChI=1S/C15H20N4O3S4/c1-3-4-9-23-14-18-19-15(25-14)24-10(2)13(20)17-11-5-7-12(8-6-11)26(16,21)22/h5-8,10H,3-4,9H2,1-2H3,(H,17,20)(H2,16,21,22)/t10-/m0/s1. The Bertz CT molecular complexity index is 837. The first kappa shape index (κ1) is 21.2. The van der Waals surface area contributed by atoms with Gasteiger partial charge in [0.15, 0.2) is 8.68 Å². The van der Waals surface area contributed by atoms with E-state index >= 15 is 0 Å². The SMILES string of the molecule is CCCCSc1nnc(S[C@@H](C)C(=O)Nc2ccc(S(N)(=O)=O)cc2)s1. The summed E-state index contributed by atoms with van der Waals surface area (Å²) in [4.78, 5) is 12.3. The van der Waals surface area contributed by atoms with E-state index in [2.05, 4.69) is 22.4 Å². The van der Waals surface area contributed by atoms with Crippen molar-refractivity contribution in [3.05, 3.63) is 24.3 Å². The summed E-state index contributed by atoms with van der Waals surface area (Å²) in [7, 11) is -3.74. The summed E-state index contributed by atoms with van der Waals surface area (Å²) in [5, 5.41) is 15.7. The van der Waals surface area contributed by atoms with Crippen LogP contribution < -0.4 is 10.5 Å². The van der Waals surface area contributed by atoms with Crippen LogP contribution in [-0.4, -0.2) is 35.5 Å². The number of sulfonamides is 1. The van der Waals surface area contributed by atoms with E-state index < -0.39 is 10.0 Å². The zero-order valence-corrected chi connectivity index (χ0v) is 17.6. The molecule has 7 nitrogen and oxygen atoms in total. The maximum absolute atomic E-state index is 12.3. The number of hydrogen-bond donors (Lipinski definition) is 2. The maximum atomic E-state index is 12.3. The van der Waals surface area contributed by atoms with Gasteiger partial charge in [-0.15, -0.1) is 10.2 Å². The number of unbranched alkanes of at least 4 members (excludes halogenated alkanes) is 1. The van der Waals surface area contributed by atoms with Gasteiger partial charge < -0.3 is 5.32 Å². The zero-order chi connectivity index (χ0) is 19.2. The summed E-state index contributed by atoms with van der Waals surface area (Å²) in [5.41, 5.74) is 0.503. The van der Waals surface area contributed by atoms with E-state index in [0.717, 1.165) is 27.3 Å². The third-order valence-electron chi connectivity index (χ3n) is 3.21. The van der Waals surface area contributed by atoms with Crippen LogP contribution in [0.4, 0.5) is 5.69 Å². The number of primary sulfonamides is 1. The molecule has 0 fully saturated rings. The number of nitrogens with zero attached hydrogens (tertiary/aromatic N) is 2. The second-order valence-corrected chi connectivity index (χ2v) is 10.8. The fourth-order valence-electron chi connectivity index (χ4n) is 1.78. The van der Waals surface area contributed by atoms with Crippen LogP contribution >= 0.6 is 34.9 Å². The molecule has 0 saturated heterocycles. The second-order valence-electron chi connectivity index (χ2n) is 5.35. The van der Waals surface area contributed by atoms with Gasteiger partial charge in [0.1, 0.15) is 0 Å². The number of anilines is 1. The quantitative estimate of drug-likeness (QED) is 0.462. The number of nitrogens with one attached hydrogen (secondary N) is 1. The van der Waals surface area contributed by atoms with Gasteiger partial charge in [0.05, 0.1) is 10.1 Å². The van der Waals surface area contributed by atoms with Crippen molar-refractivity contribution < 1.29 is 13.2 Å². The van der Waals surface area contributed by atoms with Gasteiger partial charge in [-0.1, -0.05) is 48.2 Å². The van der Waals surface area contributed by atoms with Crippen LogP contribution in [0.25, 0.3) is 0 Å². The Morgan fingerprint density at radius 1 is 1.27 bits per heavy atom. The average molecular weight is 433 g/mol. The fraction of sp³-hybridized carbons (Fsp3) is 0.400. The number of rotatable bonds is 9. The highest BCUT2D eigenvalue weighted by Gasteiger charge is 2.18. The van der Waals surface area contributed by atoms with E-state index in [0.29, 0.717) is 5.69 Å². The van der Waals surface area contributed by atoms with Crippen molar-refractivity contribution in [1.82, 2.24) is 10.2 Å². The molecule has 2 aromatic rings. The molecule has 0 spiro atoms. The predicted molar refractivity (Wildman–Crippen MR) is 107 cm³/mol. The van der Waals surface area contributed by atoms with Gasteiger partial charge in [0, 0.05) is 11.4 Å². The van der Waals surface area contributed by atoms with Gasteiger partial charge in [-0.3, -0.25) is 4.79 Å². The topological polar surface area (TPSA) is 115 Å². The van der Waals surface area contributed by atoms with Crippen molar-refractivity contribution in [1.29, 1.82) is 0 Å². The summed E-state index contributed by atoms with van der Waals surface area (Å²) in [5.74, 6) is 0.814. The van der Waals surface area contributed by atoms with Crippen molar-refractivity contribution in [2.75, 3.05) is 11.1 Å². The first-order chi connectivity index (χ1) is 12.3. The lowest BCUT2D eigenvalue weighted by atomic mass is 10.3. The molecule has 0 bridgehead atoms. The molecule has 0 saturated carbocycles. The first-order valence-electron chi connectivity index (χ1n) is 7.86. The summed E-state index contributed by atoms with van der Waals surface area (Å²) < 4.78 is 24.1. The number of hydrogen-bond acceptors (Lipinski definition) is 8. The molecule has 0 aliphatic heterocycles. The van der Waals surface area contributed by atoms with Crippen molar-refractivity contribution in [3.8, 4) is 0 Å². The van der Waals surface area contributed by atoms with Crippen LogP contribution in [0.2, 0.25) is 0 Å². The number of nitrogens with two attached hydrogens (primary N) is 1. The van der Waals surface area contributed by atoms with Crippen molar-refractivity contribution in [2.45, 2.75) is 45.5 Å². The smallest absolute Gasteiger partial charge is 0.238 e. The Morgan fingerprint density at radius 2 is 1.92 bits per heavy atom. The molecule has 1 aromatic carbocycles. The van der Waals surface area contributed by atoms with Gasteiger partial charge in [-0.05, 0) is 37.6 Å². The highest BCUT2D eigenvalue weighted by Crippen LogP contribution is 2.32. The minimum absolute atomic E-state index is 0.000107. The van der Waals surface area contributed by atoms with E-state index in [1.807, 2.05) is 0 Å². The van der Waals surface area contributed by atoms with Gasteiger partial charge in [0.2, 0.25) is 15.9 Å². The molecular formula is C15H20N4O3S4. The molecule has 1 aromatic heterocycles. The summed E-state index contributed by atoms with van der Waals surface area (Å²) in [6.07, 6.45) is 2.28. The van der Waals surface area contributed by atoms with Crippen LogP contribution in [0.3, 0.4) is 0 Å². The third-order valence-corrected chi connectivity index (χ3v) is 7.46. The van der Waals surface area contributed by atoms with Gasteiger partial charge >= 0.3 is 0 Å². The van der Waals surface area contributed by atoms with Crippen molar-refractivity contribution in [2.24, 2.45) is 5.14 Å². The maximum Gasteiger partial charge on any atom is 0.238 e.